The summed E-state index contributed by atoms with van der Waals surface area (Å²) in [6, 6.07) is 6.64. The minimum absolute atomic E-state index is 0.234. The molecule has 140 valence electrons. The van der Waals surface area contributed by atoms with Gasteiger partial charge in [0, 0.05) is 11.4 Å². The summed E-state index contributed by atoms with van der Waals surface area (Å²) in [6.45, 7) is 4.19. The summed E-state index contributed by atoms with van der Waals surface area (Å²) in [7, 11) is 0. The van der Waals surface area contributed by atoms with Crippen LogP contribution in [0.15, 0.2) is 36.4 Å². The number of rotatable bonds is 6. The molecule has 1 aromatic rings. The number of allylic oxidation sites excluding steroid dienone is 2. The zero-order chi connectivity index (χ0) is 19.1. The van der Waals surface area contributed by atoms with Gasteiger partial charge in [-0.2, -0.15) is 0 Å². The molecular formula is C19H24N2O5. The molecule has 2 unspecified atom stereocenters. The van der Waals surface area contributed by atoms with Crippen LogP contribution in [-0.4, -0.2) is 29.7 Å². The van der Waals surface area contributed by atoms with Crippen LogP contribution in [0.2, 0.25) is 0 Å². The quantitative estimate of drug-likeness (QED) is 0.674. The molecule has 26 heavy (non-hydrogen) atoms. The number of carboxylic acid groups (broad SMARTS) is 1. The van der Waals surface area contributed by atoms with Crippen LogP contribution in [0.25, 0.3) is 0 Å². The van der Waals surface area contributed by atoms with Crippen LogP contribution in [0.3, 0.4) is 0 Å². The average molecular weight is 360 g/mol. The van der Waals surface area contributed by atoms with E-state index in [2.05, 4.69) is 10.6 Å². The number of carbonyl (C=O) groups is 3. The van der Waals surface area contributed by atoms with E-state index in [1.807, 2.05) is 19.9 Å². The average Bonchev–Trinajstić information content (AvgIpc) is 2.60. The van der Waals surface area contributed by atoms with Crippen LogP contribution < -0.4 is 10.6 Å². The van der Waals surface area contributed by atoms with Gasteiger partial charge >= 0.3 is 12.1 Å². The summed E-state index contributed by atoms with van der Waals surface area (Å²) in [5, 5.41) is 14.6. The normalized spacial score (nSPS) is 19.0. The van der Waals surface area contributed by atoms with E-state index in [1.165, 1.54) is 0 Å². The second-order valence-corrected chi connectivity index (χ2v) is 6.68. The number of ether oxygens (including phenoxy) is 1. The largest absolute Gasteiger partial charge is 0.481 e. The van der Waals surface area contributed by atoms with Crippen molar-refractivity contribution in [2.45, 2.75) is 26.7 Å². The SMILES string of the molecule is CC(C)COC(=O)Nc1cccc(NC(=O)C2CC=CCC2C(=O)O)c1. The fourth-order valence-corrected chi connectivity index (χ4v) is 2.68. The van der Waals surface area contributed by atoms with E-state index >= 15 is 0 Å². The lowest BCUT2D eigenvalue weighted by Crippen LogP contribution is -2.34. The maximum absolute atomic E-state index is 12.5. The van der Waals surface area contributed by atoms with Crippen LogP contribution in [-0.2, 0) is 14.3 Å². The predicted molar refractivity (Wildman–Crippen MR) is 97.9 cm³/mol. The zero-order valence-corrected chi connectivity index (χ0v) is 14.9. The number of benzene rings is 1. The molecule has 2 amide bonds. The first-order chi connectivity index (χ1) is 12.4. The van der Waals surface area contributed by atoms with Crippen LogP contribution in [0.5, 0.6) is 0 Å². The number of aliphatic carboxylic acids is 1. The van der Waals surface area contributed by atoms with Gasteiger partial charge in [0.25, 0.3) is 0 Å². The van der Waals surface area contributed by atoms with Crippen molar-refractivity contribution < 1.29 is 24.2 Å². The summed E-state index contributed by atoms with van der Waals surface area (Å²) in [4.78, 5) is 35.5. The first kappa shape index (κ1) is 19.5. The number of hydrogen-bond donors (Lipinski definition) is 3. The number of hydrogen-bond acceptors (Lipinski definition) is 4. The van der Waals surface area contributed by atoms with Gasteiger partial charge in [0.2, 0.25) is 5.91 Å². The minimum atomic E-state index is -0.974. The maximum Gasteiger partial charge on any atom is 0.411 e. The highest BCUT2D eigenvalue weighted by molar-refractivity contribution is 5.96. The Kier molecular flexibility index (Phi) is 6.77. The Hall–Kier alpha value is -2.83. The van der Waals surface area contributed by atoms with E-state index in [1.54, 1.807) is 30.3 Å². The van der Waals surface area contributed by atoms with Gasteiger partial charge in [-0.3, -0.25) is 14.9 Å². The third kappa shape index (κ3) is 5.61. The molecule has 0 fully saturated rings. The van der Waals surface area contributed by atoms with Gasteiger partial charge in [0.1, 0.15) is 0 Å². The number of carboxylic acids is 1. The van der Waals surface area contributed by atoms with Crippen LogP contribution >= 0.6 is 0 Å². The molecular weight excluding hydrogens is 336 g/mol. The Morgan fingerprint density at radius 3 is 2.35 bits per heavy atom. The Bertz CT molecular complexity index is 699. The second-order valence-electron chi connectivity index (χ2n) is 6.68. The Labute approximate surface area is 152 Å². The van der Waals surface area contributed by atoms with Crippen molar-refractivity contribution in [1.29, 1.82) is 0 Å². The van der Waals surface area contributed by atoms with Gasteiger partial charge in [-0.15, -0.1) is 0 Å². The fourth-order valence-electron chi connectivity index (χ4n) is 2.68. The molecule has 1 aliphatic rings. The topological polar surface area (TPSA) is 105 Å². The molecule has 2 atom stereocenters. The second kappa shape index (κ2) is 9.03. The van der Waals surface area contributed by atoms with Crippen LogP contribution in [0.1, 0.15) is 26.7 Å². The molecule has 0 spiro atoms. The zero-order valence-electron chi connectivity index (χ0n) is 14.9. The van der Waals surface area contributed by atoms with Crippen molar-refractivity contribution >= 4 is 29.3 Å². The monoisotopic (exact) mass is 360 g/mol. The molecule has 3 N–H and O–H groups in total. The maximum atomic E-state index is 12.5. The van der Waals surface area contributed by atoms with Crippen molar-refractivity contribution in [3.05, 3.63) is 36.4 Å². The van der Waals surface area contributed by atoms with E-state index in [9.17, 15) is 19.5 Å². The number of nitrogens with one attached hydrogen (secondary N) is 2. The third-order valence-corrected chi connectivity index (χ3v) is 4.01. The van der Waals surface area contributed by atoms with Gasteiger partial charge in [-0.1, -0.05) is 32.1 Å². The highest BCUT2D eigenvalue weighted by Crippen LogP contribution is 2.27. The van der Waals surface area contributed by atoms with Gasteiger partial charge in [-0.25, -0.2) is 4.79 Å². The molecule has 7 heteroatoms. The summed E-state index contributed by atoms with van der Waals surface area (Å²) >= 11 is 0. The summed E-state index contributed by atoms with van der Waals surface area (Å²) in [5.74, 6) is -2.44. The van der Waals surface area contributed by atoms with Gasteiger partial charge in [0.15, 0.2) is 0 Å². The molecule has 2 rings (SSSR count). The van der Waals surface area contributed by atoms with E-state index in [-0.39, 0.29) is 11.8 Å². The smallest absolute Gasteiger partial charge is 0.411 e. The van der Waals surface area contributed by atoms with E-state index in [0.717, 1.165) is 0 Å². The lowest BCUT2D eigenvalue weighted by atomic mass is 9.82. The predicted octanol–water partition coefficient (Wildman–Crippen LogP) is 3.50. The van der Waals surface area contributed by atoms with Crippen molar-refractivity contribution in [3.63, 3.8) is 0 Å². The molecule has 7 nitrogen and oxygen atoms in total. The number of carbonyl (C=O) groups excluding carboxylic acids is 2. The molecule has 0 aliphatic heterocycles. The Morgan fingerprint density at radius 1 is 1.12 bits per heavy atom. The van der Waals surface area contributed by atoms with Gasteiger partial charge < -0.3 is 15.2 Å². The van der Waals surface area contributed by atoms with Gasteiger partial charge in [0.05, 0.1) is 18.4 Å². The first-order valence-electron chi connectivity index (χ1n) is 8.59. The van der Waals surface area contributed by atoms with Gasteiger partial charge in [-0.05, 0) is 37.0 Å². The van der Waals surface area contributed by atoms with Crippen molar-refractivity contribution in [1.82, 2.24) is 0 Å². The summed E-state index contributed by atoms with van der Waals surface area (Å²) in [6.07, 6.45) is 3.78. The molecule has 0 bridgehead atoms. The number of anilines is 2. The highest BCUT2D eigenvalue weighted by Gasteiger charge is 2.33. The Morgan fingerprint density at radius 2 is 1.73 bits per heavy atom. The molecule has 0 saturated carbocycles. The van der Waals surface area contributed by atoms with Crippen molar-refractivity contribution in [2.75, 3.05) is 17.2 Å². The van der Waals surface area contributed by atoms with Crippen molar-refractivity contribution in [2.24, 2.45) is 17.8 Å². The molecule has 1 aliphatic carbocycles. The third-order valence-electron chi connectivity index (χ3n) is 4.01. The van der Waals surface area contributed by atoms with E-state index in [4.69, 9.17) is 4.74 Å². The molecule has 0 aromatic heterocycles. The van der Waals surface area contributed by atoms with Crippen LogP contribution in [0, 0.1) is 17.8 Å². The molecule has 0 saturated heterocycles. The van der Waals surface area contributed by atoms with E-state index in [0.29, 0.717) is 30.8 Å². The molecule has 0 radical (unpaired) electrons. The summed E-state index contributed by atoms with van der Waals surface area (Å²) in [5.41, 5.74) is 0.963. The lowest BCUT2D eigenvalue weighted by molar-refractivity contribution is -0.146. The standard InChI is InChI=1S/C19H24N2O5/c1-12(2)11-26-19(25)21-14-7-5-6-13(10-14)20-17(22)15-8-3-4-9-16(15)18(23)24/h3-7,10,12,15-16H,8-9,11H2,1-2H3,(H,20,22)(H,21,25)(H,23,24). The lowest BCUT2D eigenvalue weighted by Gasteiger charge is -2.24. The van der Waals surface area contributed by atoms with Crippen molar-refractivity contribution in [3.8, 4) is 0 Å². The minimum Gasteiger partial charge on any atom is -0.481 e. The highest BCUT2D eigenvalue weighted by atomic mass is 16.5. The first-order valence-corrected chi connectivity index (χ1v) is 8.59. The Balaban J connectivity index is 1.99. The molecule has 1 aromatic carbocycles. The van der Waals surface area contributed by atoms with E-state index < -0.39 is 23.9 Å². The summed E-state index contributed by atoms with van der Waals surface area (Å²) < 4.78 is 5.05. The fraction of sp³-hybridized carbons (Fsp3) is 0.421. The molecule has 0 heterocycles. The van der Waals surface area contributed by atoms with Crippen LogP contribution in [0.4, 0.5) is 16.2 Å². The number of amides is 2.